The van der Waals surface area contributed by atoms with Crippen LogP contribution in [0.1, 0.15) is 128 Å². The molecule has 14 heteroatoms. The lowest BCUT2D eigenvalue weighted by Gasteiger charge is -2.52. The molecule has 0 radical (unpaired) electrons. The van der Waals surface area contributed by atoms with E-state index in [4.69, 9.17) is 9.47 Å². The number of phenolic OH excluding ortho intramolecular Hbond substituents is 2. The number of ketones is 2. The van der Waals surface area contributed by atoms with Crippen LogP contribution in [0.5, 0.6) is 17.2 Å². The first-order valence-electron chi connectivity index (χ1n) is 25.0. The molecule has 12 atom stereocenters. The van der Waals surface area contributed by atoms with Crippen LogP contribution in [-0.2, 0) is 27.4 Å². The largest absolute Gasteiger partial charge is 0.508 e. The highest BCUT2D eigenvalue weighted by Crippen LogP contribution is 2.61. The summed E-state index contributed by atoms with van der Waals surface area (Å²) >= 11 is 0. The molecule has 0 saturated carbocycles. The number of aliphatic hydroxyl groups is 4. The summed E-state index contributed by atoms with van der Waals surface area (Å²) < 4.78 is 13.5. The van der Waals surface area contributed by atoms with Gasteiger partial charge in [0, 0.05) is 59.9 Å². The Kier molecular flexibility index (Phi) is 14.4. The van der Waals surface area contributed by atoms with Gasteiger partial charge in [0.25, 0.3) is 0 Å². The molecule has 12 nitrogen and oxygen atoms in total. The second-order valence-corrected chi connectivity index (χ2v) is 23.0. The van der Waals surface area contributed by atoms with Crippen LogP contribution in [-0.4, -0.2) is 92.6 Å². The molecule has 3 aliphatic heterocycles. The fourth-order valence-corrected chi connectivity index (χ4v) is 16.2. The number of hydrogen-bond donors (Lipinski definition) is 8. The molecule has 0 unspecified atom stereocenters. The van der Waals surface area contributed by atoms with E-state index in [0.29, 0.717) is 67.6 Å². The molecular weight excluding hydrogens is 913 g/mol. The SMILES string of the molecule is COc1c(O)ccc2c1-c1ccc3ccc(O)cc3c1[C@@H]1CC[C@H](C[C@H](O)CSS1)[C@@H](O[C@@H]1N[C@H](CCCO)C[C@H]3C=C[C@@H]4[C@H](CO)[C@H]3c3c1cc(CO)c1c3[C@@H]4CC[C@@H](C(C)=O)N1)CC(=O)CC2. The molecule has 3 aliphatic carbocycles. The van der Waals surface area contributed by atoms with Crippen LogP contribution in [0, 0.1) is 23.7 Å². The maximum atomic E-state index is 14.8. The number of hydrogen-bond acceptors (Lipinski definition) is 14. The lowest BCUT2D eigenvalue weighted by atomic mass is 9.54. The predicted octanol–water partition coefficient (Wildman–Crippen LogP) is 8.88. The van der Waals surface area contributed by atoms with Gasteiger partial charge in [0.1, 0.15) is 17.8 Å². The van der Waals surface area contributed by atoms with Crippen LogP contribution in [0.4, 0.5) is 5.69 Å². The summed E-state index contributed by atoms with van der Waals surface area (Å²) in [6.45, 7) is 1.36. The van der Waals surface area contributed by atoms with Gasteiger partial charge in [-0.2, -0.15) is 0 Å². The van der Waals surface area contributed by atoms with Crippen molar-refractivity contribution in [3.05, 3.63) is 94.1 Å². The molecule has 6 aliphatic rings. The number of aryl methyl sites for hydroxylation is 1. The highest BCUT2D eigenvalue weighted by Gasteiger charge is 2.51. The zero-order valence-electron chi connectivity index (χ0n) is 39.4. The minimum Gasteiger partial charge on any atom is -0.508 e. The van der Waals surface area contributed by atoms with Crippen molar-refractivity contribution in [3.8, 4) is 28.4 Å². The quantitative estimate of drug-likeness (QED) is 0.0585. The molecule has 4 aromatic carbocycles. The normalized spacial score (nSPS) is 30.9. The van der Waals surface area contributed by atoms with Crippen molar-refractivity contribution < 1.29 is 49.7 Å². The number of rotatable bonds is 9. The molecule has 368 valence electrons. The first-order chi connectivity index (χ1) is 33.5. The number of nitrogens with one attached hydrogen (secondary N) is 2. The molecule has 4 bridgehead atoms. The van der Waals surface area contributed by atoms with Crippen LogP contribution in [0.15, 0.2) is 60.7 Å². The summed E-state index contributed by atoms with van der Waals surface area (Å²) in [6.07, 6.45) is 8.16. The number of methoxy groups -OCH3 is 1. The van der Waals surface area contributed by atoms with Crippen molar-refractivity contribution in [2.24, 2.45) is 23.7 Å². The summed E-state index contributed by atoms with van der Waals surface area (Å²) in [5, 5.41) is 76.0. The number of allylic oxidation sites excluding steroid dienone is 2. The fourth-order valence-electron chi connectivity index (χ4n) is 13.3. The number of aromatic hydroxyl groups is 2. The minimum absolute atomic E-state index is 0.00208. The van der Waals surface area contributed by atoms with Crippen LogP contribution in [0.25, 0.3) is 21.9 Å². The van der Waals surface area contributed by atoms with Gasteiger partial charge in [-0.05, 0) is 169 Å². The molecule has 0 aromatic heterocycles. The van der Waals surface area contributed by atoms with Crippen molar-refractivity contribution in [2.75, 3.05) is 31.4 Å². The molecule has 10 rings (SSSR count). The predicted molar refractivity (Wildman–Crippen MR) is 271 cm³/mol. The van der Waals surface area contributed by atoms with Gasteiger partial charge in [0.15, 0.2) is 17.3 Å². The molecule has 3 heterocycles. The van der Waals surface area contributed by atoms with Gasteiger partial charge in [-0.15, -0.1) is 0 Å². The van der Waals surface area contributed by atoms with E-state index >= 15 is 0 Å². The monoisotopic (exact) mass is 978 g/mol. The van der Waals surface area contributed by atoms with Crippen molar-refractivity contribution in [3.63, 3.8) is 0 Å². The number of anilines is 1. The van der Waals surface area contributed by atoms with Gasteiger partial charge >= 0.3 is 0 Å². The van der Waals surface area contributed by atoms with Crippen molar-refractivity contribution in [1.29, 1.82) is 0 Å². The molecule has 0 spiro atoms. The van der Waals surface area contributed by atoms with Crippen LogP contribution < -0.4 is 15.4 Å². The van der Waals surface area contributed by atoms with Gasteiger partial charge in [-0.1, -0.05) is 58.0 Å². The molecular formula is C55H66N2O10S2. The number of carbonyl (C=O) groups is 2. The number of phenols is 2. The van der Waals surface area contributed by atoms with Crippen LogP contribution in [0.3, 0.4) is 0 Å². The Bertz CT molecular complexity index is 2620. The first kappa shape index (κ1) is 48.5. The van der Waals surface area contributed by atoms with E-state index in [-0.39, 0.29) is 103 Å². The van der Waals surface area contributed by atoms with Gasteiger partial charge in [-0.25, -0.2) is 0 Å². The van der Waals surface area contributed by atoms with Crippen LogP contribution in [0.2, 0.25) is 0 Å². The van der Waals surface area contributed by atoms with E-state index in [9.17, 15) is 40.2 Å². The summed E-state index contributed by atoms with van der Waals surface area (Å²) in [7, 11) is 4.85. The number of benzene rings is 4. The molecule has 1 saturated heterocycles. The van der Waals surface area contributed by atoms with E-state index in [2.05, 4.69) is 28.9 Å². The summed E-state index contributed by atoms with van der Waals surface area (Å²) in [5.74, 6) is 0.604. The van der Waals surface area contributed by atoms with Crippen molar-refractivity contribution in [2.45, 2.75) is 132 Å². The smallest absolute Gasteiger partial charge is 0.168 e. The number of fused-ring (bicyclic) bond motifs is 11. The minimum atomic E-state index is -0.757. The van der Waals surface area contributed by atoms with Gasteiger partial charge < -0.3 is 45.4 Å². The van der Waals surface area contributed by atoms with Gasteiger partial charge in [0.2, 0.25) is 0 Å². The Morgan fingerprint density at radius 2 is 1.77 bits per heavy atom. The molecule has 0 amide bonds. The highest BCUT2D eigenvalue weighted by atomic mass is 33.1. The summed E-state index contributed by atoms with van der Waals surface area (Å²) in [4.78, 5) is 27.9. The maximum absolute atomic E-state index is 14.8. The first-order valence-corrected chi connectivity index (χ1v) is 27.4. The van der Waals surface area contributed by atoms with E-state index < -0.39 is 24.5 Å². The average molecular weight is 979 g/mol. The maximum Gasteiger partial charge on any atom is 0.168 e. The van der Waals surface area contributed by atoms with Gasteiger partial charge in [0.05, 0.1) is 32.0 Å². The van der Waals surface area contributed by atoms with E-state index in [1.54, 1.807) is 53.8 Å². The van der Waals surface area contributed by atoms with Gasteiger partial charge in [-0.3, -0.25) is 14.9 Å². The third-order valence-electron chi connectivity index (χ3n) is 16.4. The Labute approximate surface area is 412 Å². The Morgan fingerprint density at radius 1 is 0.928 bits per heavy atom. The third-order valence-corrected chi connectivity index (χ3v) is 19.3. The van der Waals surface area contributed by atoms with E-state index in [0.717, 1.165) is 62.7 Å². The fraction of sp³-hybridized carbons (Fsp3) is 0.527. The zero-order valence-corrected chi connectivity index (χ0v) is 41.1. The Balaban J connectivity index is 1.13. The Morgan fingerprint density at radius 3 is 2.55 bits per heavy atom. The summed E-state index contributed by atoms with van der Waals surface area (Å²) in [6, 6.07) is 14.5. The van der Waals surface area contributed by atoms with Crippen molar-refractivity contribution in [1.82, 2.24) is 5.32 Å². The van der Waals surface area contributed by atoms with E-state index in [1.807, 2.05) is 24.3 Å². The average Bonchev–Trinajstić information content (AvgIpc) is 3.47. The third kappa shape index (κ3) is 9.22. The highest BCUT2D eigenvalue weighted by molar-refractivity contribution is 8.76. The number of ether oxygens (including phenoxy) is 2. The van der Waals surface area contributed by atoms with Crippen molar-refractivity contribution >= 4 is 49.6 Å². The van der Waals surface area contributed by atoms with E-state index in [1.165, 1.54) is 0 Å². The number of aliphatic hydroxyl groups excluding tert-OH is 4. The summed E-state index contributed by atoms with van der Waals surface area (Å²) in [5.41, 5.74) is 7.93. The topological polar surface area (TPSA) is 198 Å². The lowest BCUT2D eigenvalue weighted by Crippen LogP contribution is -2.47. The number of carbonyl (C=O) groups excluding carboxylic acids is 2. The standard InChI is InChI=1S/C55H66N2O10S2/c1-28(61)44-16-15-39-38-13-8-32-20-34(4-3-19-58)56-55(42-22-33(25-59)53(57-44)52(39)51(42)48(32)43(38)26-60)67-46-24-36(63)12-6-30-9-17-45(65)54(66-2)49(30)40-14-7-29-5-11-35(62)23-41(29)50(40)47-18-10-31(46)21-37(64)27-68-69-47/h5,7-9,11,13-14,17,22-23,31-32,34,37-39,43-44,46-48,55-60,62,64-65H,3-4,6,10,12,15-16,18-21,24-27H2,1-2H3/t31-,32-,34-,37+,38+,39-,43+,44+,46+,47+,48+,55+/m1/s1. The molecule has 1 fully saturated rings. The second kappa shape index (κ2) is 20.5. The zero-order chi connectivity index (χ0) is 48.1. The number of Topliss-reactive ketones (excluding diaryl/α,β-unsaturated/α-hetero) is 2. The second-order valence-electron chi connectivity index (χ2n) is 20.4. The molecule has 4 aromatic rings. The van der Waals surface area contributed by atoms with Crippen LogP contribution >= 0.6 is 21.6 Å². The Hall–Kier alpha value is -4.12. The lowest BCUT2D eigenvalue weighted by molar-refractivity contribution is -0.128. The molecule has 8 N–H and O–H groups in total. The molecule has 69 heavy (non-hydrogen) atoms.